The van der Waals surface area contributed by atoms with Crippen molar-refractivity contribution >= 4 is 37.6 Å². The number of esters is 1. The zero-order valence-corrected chi connectivity index (χ0v) is 19.9. The van der Waals surface area contributed by atoms with Crippen LogP contribution in [0.1, 0.15) is 23.2 Å². The molecule has 0 unspecified atom stereocenters. The second kappa shape index (κ2) is 10.00. The van der Waals surface area contributed by atoms with E-state index in [1.165, 1.54) is 66.9 Å². The Bertz CT molecular complexity index is 1250. The number of carbonyl (C=O) groups excluding carboxylic acids is 2. The molecule has 2 aromatic carbocycles. The van der Waals surface area contributed by atoms with Crippen LogP contribution in [0.25, 0.3) is 0 Å². The summed E-state index contributed by atoms with van der Waals surface area (Å²) in [7, 11) is -4.63. The first kappa shape index (κ1) is 24.8. The van der Waals surface area contributed by atoms with Crippen LogP contribution in [0.3, 0.4) is 0 Å². The summed E-state index contributed by atoms with van der Waals surface area (Å²) in [6, 6.07) is 11.1. The third kappa shape index (κ3) is 5.77. The number of ether oxygens (including phenoxy) is 1. The molecular formula is C21H25N3O7S2. The second-order valence-corrected chi connectivity index (χ2v) is 11.7. The molecule has 33 heavy (non-hydrogen) atoms. The van der Waals surface area contributed by atoms with Crippen molar-refractivity contribution in [3.05, 3.63) is 54.1 Å². The number of nitrogens with zero attached hydrogens (tertiary/aromatic N) is 2. The van der Waals surface area contributed by atoms with E-state index >= 15 is 0 Å². The van der Waals surface area contributed by atoms with Gasteiger partial charge in [-0.25, -0.2) is 25.9 Å². The quantitative estimate of drug-likeness (QED) is 0.550. The van der Waals surface area contributed by atoms with E-state index in [0.29, 0.717) is 13.1 Å². The van der Waals surface area contributed by atoms with Gasteiger partial charge in [0, 0.05) is 32.9 Å². The predicted octanol–water partition coefficient (Wildman–Crippen LogP) is 1.52. The molecule has 0 aromatic heterocycles. The molecule has 0 bridgehead atoms. The molecule has 2 aromatic rings. The zero-order chi connectivity index (χ0) is 24.2. The van der Waals surface area contributed by atoms with Crippen LogP contribution >= 0.6 is 0 Å². The molecule has 1 saturated heterocycles. The van der Waals surface area contributed by atoms with Crippen molar-refractivity contribution < 1.29 is 31.2 Å². The third-order valence-electron chi connectivity index (χ3n) is 5.00. The highest BCUT2D eigenvalue weighted by molar-refractivity contribution is 7.89. The monoisotopic (exact) mass is 495 g/mol. The summed E-state index contributed by atoms with van der Waals surface area (Å²) in [6.07, 6.45) is 1.62. The number of sulfonamides is 2. The van der Waals surface area contributed by atoms with E-state index < -0.39 is 38.5 Å². The first-order valence-electron chi connectivity index (χ1n) is 10.1. The summed E-state index contributed by atoms with van der Waals surface area (Å²) in [5.41, 5.74) is 0.222. The van der Waals surface area contributed by atoms with Gasteiger partial charge in [0.05, 0.1) is 15.4 Å². The fourth-order valence-corrected chi connectivity index (χ4v) is 5.73. The average Bonchev–Trinajstić information content (AvgIpc) is 3.33. The molecule has 1 amide bonds. The number of rotatable bonds is 8. The van der Waals surface area contributed by atoms with Crippen molar-refractivity contribution in [1.29, 1.82) is 0 Å². The fraction of sp³-hybridized carbons (Fsp3) is 0.333. The lowest BCUT2D eigenvalue weighted by Gasteiger charge is -2.16. The lowest BCUT2D eigenvalue weighted by atomic mass is 10.2. The fourth-order valence-electron chi connectivity index (χ4n) is 3.22. The molecule has 1 aliphatic rings. The van der Waals surface area contributed by atoms with Gasteiger partial charge in [-0.1, -0.05) is 12.1 Å². The van der Waals surface area contributed by atoms with Gasteiger partial charge < -0.3 is 10.1 Å². The molecular weight excluding hydrogens is 470 g/mol. The zero-order valence-electron chi connectivity index (χ0n) is 18.2. The molecule has 1 N–H and O–H groups in total. The molecule has 10 nitrogen and oxygen atoms in total. The Balaban J connectivity index is 1.63. The first-order valence-corrected chi connectivity index (χ1v) is 13.0. The number of hydrogen-bond acceptors (Lipinski definition) is 7. The van der Waals surface area contributed by atoms with E-state index in [2.05, 4.69) is 5.32 Å². The lowest BCUT2D eigenvalue weighted by Crippen LogP contribution is -2.28. The van der Waals surface area contributed by atoms with Gasteiger partial charge >= 0.3 is 5.97 Å². The minimum absolute atomic E-state index is 0.0237. The molecule has 3 rings (SSSR count). The van der Waals surface area contributed by atoms with Crippen LogP contribution in [0.4, 0.5) is 5.69 Å². The smallest absolute Gasteiger partial charge is 0.338 e. The molecule has 12 heteroatoms. The Kier molecular flexibility index (Phi) is 7.52. The Morgan fingerprint density at radius 2 is 1.61 bits per heavy atom. The number of anilines is 1. The summed E-state index contributed by atoms with van der Waals surface area (Å²) in [6.45, 7) is 0.296. The van der Waals surface area contributed by atoms with Gasteiger partial charge in [0.1, 0.15) is 0 Å². The summed E-state index contributed by atoms with van der Waals surface area (Å²) >= 11 is 0. The lowest BCUT2D eigenvalue weighted by molar-refractivity contribution is -0.119. The van der Waals surface area contributed by atoms with Crippen molar-refractivity contribution in [2.45, 2.75) is 22.6 Å². The summed E-state index contributed by atoms with van der Waals surface area (Å²) in [4.78, 5) is 24.5. The number of amides is 1. The SMILES string of the molecule is CN(C)S(=O)(=O)c1cccc(C(=O)OCC(=O)Nc2cccc(S(=O)(=O)N3CCCC3)c2)c1. The maximum absolute atomic E-state index is 12.7. The highest BCUT2D eigenvalue weighted by Gasteiger charge is 2.27. The molecule has 1 fully saturated rings. The van der Waals surface area contributed by atoms with Gasteiger partial charge in [0.2, 0.25) is 20.0 Å². The molecule has 0 aliphatic carbocycles. The topological polar surface area (TPSA) is 130 Å². The van der Waals surface area contributed by atoms with Crippen LogP contribution in [0.2, 0.25) is 0 Å². The van der Waals surface area contributed by atoms with Crippen LogP contribution in [0, 0.1) is 0 Å². The number of nitrogens with one attached hydrogen (secondary N) is 1. The Morgan fingerprint density at radius 1 is 0.970 bits per heavy atom. The molecule has 0 saturated carbocycles. The Labute approximate surface area is 193 Å². The maximum atomic E-state index is 12.7. The molecule has 0 atom stereocenters. The van der Waals surface area contributed by atoms with E-state index in [1.807, 2.05) is 0 Å². The van der Waals surface area contributed by atoms with E-state index in [0.717, 1.165) is 17.1 Å². The number of carbonyl (C=O) groups is 2. The minimum Gasteiger partial charge on any atom is -0.452 e. The second-order valence-electron chi connectivity index (χ2n) is 7.58. The number of benzene rings is 2. The maximum Gasteiger partial charge on any atom is 0.338 e. The largest absolute Gasteiger partial charge is 0.452 e. The minimum atomic E-state index is -3.73. The molecule has 0 radical (unpaired) electrons. The van der Waals surface area contributed by atoms with Crippen molar-refractivity contribution in [1.82, 2.24) is 8.61 Å². The van der Waals surface area contributed by atoms with Crippen LogP contribution < -0.4 is 5.32 Å². The van der Waals surface area contributed by atoms with Crippen molar-refractivity contribution in [2.24, 2.45) is 0 Å². The van der Waals surface area contributed by atoms with Crippen LogP contribution in [-0.4, -0.2) is 71.1 Å². The van der Waals surface area contributed by atoms with Crippen LogP contribution in [0.15, 0.2) is 58.3 Å². The van der Waals surface area contributed by atoms with Gasteiger partial charge in [-0.2, -0.15) is 4.31 Å². The van der Waals surface area contributed by atoms with Crippen molar-refractivity contribution in [3.63, 3.8) is 0 Å². The summed E-state index contributed by atoms with van der Waals surface area (Å²) < 4.78 is 57.2. The van der Waals surface area contributed by atoms with E-state index in [-0.39, 0.29) is 21.0 Å². The molecule has 1 heterocycles. The summed E-state index contributed by atoms with van der Waals surface area (Å²) in [5, 5.41) is 2.50. The molecule has 0 spiro atoms. The molecule has 178 valence electrons. The van der Waals surface area contributed by atoms with Crippen LogP contribution in [0.5, 0.6) is 0 Å². The predicted molar refractivity (Wildman–Crippen MR) is 121 cm³/mol. The van der Waals surface area contributed by atoms with Crippen molar-refractivity contribution in [2.75, 3.05) is 39.1 Å². The third-order valence-corrected chi connectivity index (χ3v) is 8.71. The van der Waals surface area contributed by atoms with Crippen molar-refractivity contribution in [3.8, 4) is 0 Å². The highest BCUT2D eigenvalue weighted by atomic mass is 32.2. The van der Waals surface area contributed by atoms with Gasteiger partial charge in [0.25, 0.3) is 5.91 Å². The Hall–Kier alpha value is -2.80. The first-order chi connectivity index (χ1) is 15.5. The molecule has 1 aliphatic heterocycles. The van der Waals surface area contributed by atoms with E-state index in [9.17, 15) is 26.4 Å². The van der Waals surface area contributed by atoms with E-state index in [1.54, 1.807) is 0 Å². The van der Waals surface area contributed by atoms with E-state index in [4.69, 9.17) is 4.74 Å². The van der Waals surface area contributed by atoms with Gasteiger partial charge in [-0.3, -0.25) is 4.79 Å². The average molecular weight is 496 g/mol. The summed E-state index contributed by atoms with van der Waals surface area (Å²) in [5.74, 6) is -1.54. The number of hydrogen-bond donors (Lipinski definition) is 1. The standard InChI is InChI=1S/C21H25N3O7S2/c1-23(2)32(27,28)18-9-5-7-16(13-18)21(26)31-15-20(25)22-17-8-6-10-19(14-17)33(29,30)24-11-3-4-12-24/h5-10,13-14H,3-4,11-12,15H2,1-2H3,(H,22,25). The van der Waals surface area contributed by atoms with Gasteiger partial charge in [0.15, 0.2) is 6.61 Å². The Morgan fingerprint density at radius 3 is 2.27 bits per heavy atom. The highest BCUT2D eigenvalue weighted by Crippen LogP contribution is 2.23. The normalized spacial score (nSPS) is 14.9. The van der Waals surface area contributed by atoms with Crippen LogP contribution in [-0.2, 0) is 29.6 Å². The van der Waals surface area contributed by atoms with Gasteiger partial charge in [-0.05, 0) is 49.2 Å². The van der Waals surface area contributed by atoms with Gasteiger partial charge in [-0.15, -0.1) is 0 Å².